The summed E-state index contributed by atoms with van der Waals surface area (Å²) in [6.45, 7) is 36.2. The van der Waals surface area contributed by atoms with Crippen molar-refractivity contribution < 1.29 is 18.0 Å². The molecule has 4 heterocycles. The van der Waals surface area contributed by atoms with Crippen LogP contribution in [0.3, 0.4) is 0 Å². The number of aromatic nitrogens is 5. The second kappa shape index (κ2) is 11.5. The van der Waals surface area contributed by atoms with Crippen molar-refractivity contribution in [1.82, 2.24) is 23.5 Å². The van der Waals surface area contributed by atoms with Crippen LogP contribution in [0.2, 0.25) is 54.4 Å². The molecule has 45 heavy (non-hydrogen) atoms. The van der Waals surface area contributed by atoms with E-state index in [1.165, 1.54) is 0 Å². The molecule has 0 saturated carbocycles. The van der Waals surface area contributed by atoms with E-state index in [0.29, 0.717) is 23.5 Å². The predicted octanol–water partition coefficient (Wildman–Crippen LogP) is 7.39. The Hall–Kier alpha value is -1.62. The summed E-state index contributed by atoms with van der Waals surface area (Å²) >= 11 is 0. The van der Waals surface area contributed by atoms with Gasteiger partial charge in [-0.05, 0) is 61.3 Å². The minimum atomic E-state index is -2.33. The fourth-order valence-corrected chi connectivity index (χ4v) is 8.60. The van der Waals surface area contributed by atoms with Crippen LogP contribution in [0.1, 0.15) is 74.2 Å². The molecule has 0 spiro atoms. The van der Waals surface area contributed by atoms with Crippen molar-refractivity contribution in [3.63, 3.8) is 0 Å². The van der Waals surface area contributed by atoms with E-state index >= 15 is 0 Å². The lowest BCUT2D eigenvalue weighted by Gasteiger charge is -2.44. The monoisotopic (exact) mass is 677 g/mol. The lowest BCUT2D eigenvalue weighted by atomic mass is 10.1. The van der Waals surface area contributed by atoms with Crippen molar-refractivity contribution in [3.8, 4) is 0 Å². The smallest absolute Gasteiger partial charge is 0.287 e. The molecule has 0 N–H and O–H groups in total. The zero-order valence-corrected chi connectivity index (χ0v) is 33.9. The van der Waals surface area contributed by atoms with E-state index in [1.807, 2.05) is 23.1 Å². The Morgan fingerprint density at radius 2 is 1.36 bits per heavy atom. The average molecular weight is 678 g/mol. The van der Waals surface area contributed by atoms with Crippen LogP contribution in [0.25, 0.3) is 16.9 Å². The summed E-state index contributed by atoms with van der Waals surface area (Å²) in [4.78, 5) is 22.9. The second-order valence-electron chi connectivity index (χ2n) is 17.6. The second-order valence-corrected chi connectivity index (χ2v) is 31.9. The highest BCUT2D eigenvalue weighted by atomic mass is 28.4. The molecule has 0 aliphatic carbocycles. The van der Waals surface area contributed by atoms with Crippen LogP contribution >= 0.6 is 0 Å². The van der Waals surface area contributed by atoms with E-state index in [4.69, 9.17) is 18.0 Å². The number of ether oxygens (including phenoxy) is 1. The molecule has 1 aliphatic rings. The van der Waals surface area contributed by atoms with Crippen molar-refractivity contribution in [3.05, 3.63) is 28.6 Å². The summed E-state index contributed by atoms with van der Waals surface area (Å²) in [6, 6.07) is 0. The fourth-order valence-electron chi connectivity index (χ4n) is 4.98. The average Bonchev–Trinajstić information content (AvgIpc) is 3.55. The van der Waals surface area contributed by atoms with Crippen molar-refractivity contribution >= 4 is 41.9 Å². The van der Waals surface area contributed by atoms with Gasteiger partial charge in [-0.15, -0.1) is 0 Å². The fraction of sp³-hybridized carbons (Fsp3) is 0.781. The van der Waals surface area contributed by atoms with Gasteiger partial charge in [-0.1, -0.05) is 62.3 Å². The Balaban J connectivity index is 1.92. The maximum atomic E-state index is 13.6. The Morgan fingerprint density at radius 1 is 0.844 bits per heavy atom. The van der Waals surface area contributed by atoms with Crippen molar-refractivity contribution in [2.75, 3.05) is 6.61 Å². The van der Waals surface area contributed by atoms with Crippen molar-refractivity contribution in [1.29, 1.82) is 0 Å². The van der Waals surface area contributed by atoms with E-state index < -0.39 is 37.3 Å². The normalized spacial score (nSPS) is 22.7. The lowest BCUT2D eigenvalue weighted by molar-refractivity contribution is -0.0472. The molecule has 0 unspecified atom stereocenters. The zero-order valence-electron chi connectivity index (χ0n) is 30.9. The molecule has 0 bridgehead atoms. The van der Waals surface area contributed by atoms with Gasteiger partial charge in [-0.25, -0.2) is 14.4 Å². The quantitative estimate of drug-likeness (QED) is 0.230. The van der Waals surface area contributed by atoms with E-state index in [0.717, 1.165) is 5.69 Å². The van der Waals surface area contributed by atoms with E-state index in [9.17, 15) is 4.79 Å². The van der Waals surface area contributed by atoms with Gasteiger partial charge < -0.3 is 18.0 Å². The zero-order chi connectivity index (χ0) is 34.3. The molecule has 3 aromatic rings. The summed E-state index contributed by atoms with van der Waals surface area (Å²) < 4.78 is 33.9. The van der Waals surface area contributed by atoms with E-state index in [1.54, 1.807) is 16.9 Å². The highest BCUT2D eigenvalue weighted by molar-refractivity contribution is 6.75. The van der Waals surface area contributed by atoms with Crippen LogP contribution in [-0.4, -0.2) is 73.4 Å². The molecule has 0 aromatic carbocycles. The first-order valence-electron chi connectivity index (χ1n) is 16.3. The largest absolute Gasteiger partial charge is 0.414 e. The van der Waals surface area contributed by atoms with Gasteiger partial charge in [-0.3, -0.25) is 13.9 Å². The Bertz CT molecular complexity index is 1600. The molecule has 1 saturated heterocycles. The van der Waals surface area contributed by atoms with Gasteiger partial charge in [0.2, 0.25) is 5.78 Å². The van der Waals surface area contributed by atoms with Gasteiger partial charge >= 0.3 is 0 Å². The van der Waals surface area contributed by atoms with Crippen LogP contribution in [0.5, 0.6) is 0 Å². The van der Waals surface area contributed by atoms with E-state index in [2.05, 4.69) is 112 Å². The van der Waals surface area contributed by atoms with Crippen LogP contribution in [0.15, 0.2) is 17.3 Å². The molecule has 4 atom stereocenters. The van der Waals surface area contributed by atoms with Crippen molar-refractivity contribution in [2.45, 2.75) is 148 Å². The van der Waals surface area contributed by atoms with Gasteiger partial charge in [0.1, 0.15) is 18.3 Å². The Kier molecular flexibility index (Phi) is 9.27. The van der Waals surface area contributed by atoms with Gasteiger partial charge in [-0.2, -0.15) is 0 Å². The molecule has 13 heteroatoms. The van der Waals surface area contributed by atoms with Crippen molar-refractivity contribution in [2.24, 2.45) is 7.05 Å². The summed E-state index contributed by atoms with van der Waals surface area (Å²) in [7, 11) is -4.81. The number of aryl methyl sites for hydroxylation is 2. The number of nitrogens with zero attached hydrogens (tertiary/aromatic N) is 5. The van der Waals surface area contributed by atoms with Crippen LogP contribution in [-0.2, 0) is 25.1 Å². The number of rotatable bonds is 8. The molecule has 1 fully saturated rings. The third-order valence-electron chi connectivity index (χ3n) is 11.1. The lowest BCUT2D eigenvalue weighted by Crippen LogP contribution is -2.54. The number of fused-ring (bicyclic) bond motifs is 2. The number of hydrogen-bond acceptors (Lipinski definition) is 7. The highest BCUT2D eigenvalue weighted by Crippen LogP contribution is 2.47. The van der Waals surface area contributed by atoms with Gasteiger partial charge in [0.15, 0.2) is 42.3 Å². The summed E-state index contributed by atoms with van der Waals surface area (Å²) in [6.07, 6.45) is 1.68. The van der Waals surface area contributed by atoms with E-state index in [-0.39, 0.29) is 32.9 Å². The van der Waals surface area contributed by atoms with Crippen LogP contribution in [0, 0.1) is 6.92 Å². The molecule has 3 aromatic heterocycles. The third kappa shape index (κ3) is 6.59. The molecule has 1 aliphatic heterocycles. The van der Waals surface area contributed by atoms with Crippen LogP contribution in [0.4, 0.5) is 0 Å². The van der Waals surface area contributed by atoms with Gasteiger partial charge in [0.05, 0.1) is 18.6 Å². The highest BCUT2D eigenvalue weighted by Gasteiger charge is 2.55. The maximum Gasteiger partial charge on any atom is 0.287 e. The van der Waals surface area contributed by atoms with Gasteiger partial charge in [0.25, 0.3) is 5.56 Å². The molecular formula is C32H59N5O5Si3. The first-order chi connectivity index (χ1) is 20.2. The maximum absolute atomic E-state index is 13.6. The topological polar surface area (TPSA) is 94.0 Å². The molecular weight excluding hydrogens is 619 g/mol. The SMILES string of the molecule is Cc1cn2c(=O)c3ncn([C@@H]4O[C@H](CO[Si](C)(C)C(C)(C)C)[C@@H](O[Si](C)(C)C(C)(C)C)[C@H]4O[Si](C)(C)C(C)(C)C)c3n(C)c2n1. The van der Waals surface area contributed by atoms with Gasteiger partial charge in [0, 0.05) is 13.2 Å². The molecule has 4 rings (SSSR count). The molecule has 0 amide bonds. The van der Waals surface area contributed by atoms with Crippen LogP contribution < -0.4 is 5.56 Å². The predicted molar refractivity (Wildman–Crippen MR) is 190 cm³/mol. The Labute approximate surface area is 273 Å². The summed E-state index contributed by atoms with van der Waals surface area (Å²) in [5.74, 6) is 0.554. The Morgan fingerprint density at radius 3 is 1.87 bits per heavy atom. The summed E-state index contributed by atoms with van der Waals surface area (Å²) in [5.41, 5.74) is 1.57. The first kappa shape index (κ1) is 36.2. The molecule has 10 nitrogen and oxygen atoms in total. The molecule has 254 valence electrons. The third-order valence-corrected chi connectivity index (χ3v) is 24.5. The first-order valence-corrected chi connectivity index (χ1v) is 25.0. The standard InChI is InChI=1S/C32H59N5O5Si3/c1-21-18-36-27(38)23-26(35(11)29(36)34-21)37(20-33-23)28-25(42-45(16,17)32(8,9)10)24(41-44(14,15)31(5,6)7)22(40-28)19-39-43(12,13)30(2,3)4/h18,20,22,24-25,28H,19H2,1-17H3/t22-,24-,25-,28-/m1/s1. The molecule has 0 radical (unpaired) electrons. The number of imidazole rings is 2. The minimum absolute atomic E-state index is 0.0206. The number of hydrogen-bond donors (Lipinski definition) is 0. The summed E-state index contributed by atoms with van der Waals surface area (Å²) in [5, 5.41) is -0.0181. The minimum Gasteiger partial charge on any atom is -0.414 e.